The van der Waals surface area contributed by atoms with Crippen LogP contribution in [-0.2, 0) is 9.59 Å². The smallest absolute Gasteiger partial charge is 0.304 e. The van der Waals surface area contributed by atoms with Gasteiger partial charge in [-0.3, -0.25) is 9.59 Å². The van der Waals surface area contributed by atoms with E-state index in [1.54, 1.807) is 10.8 Å². The van der Waals surface area contributed by atoms with Crippen LogP contribution in [-0.4, -0.2) is 41.6 Å². The van der Waals surface area contributed by atoms with E-state index in [1.807, 2.05) is 24.3 Å². The Morgan fingerprint density at radius 1 is 1.17 bits per heavy atom. The first kappa shape index (κ1) is 20.7. The number of nitrogens with one attached hydrogen (secondary N) is 1. The number of carbonyl (C=O) groups is 2. The van der Waals surface area contributed by atoms with Crippen LogP contribution in [0.5, 0.6) is 5.75 Å². The monoisotopic (exact) mass is 371 g/mol. The highest BCUT2D eigenvalue weighted by Crippen LogP contribution is 2.25. The summed E-state index contributed by atoms with van der Waals surface area (Å²) in [6, 6.07) is 7.89. The van der Waals surface area contributed by atoms with E-state index < -0.39 is 5.97 Å². The molecule has 1 amide bonds. The van der Waals surface area contributed by atoms with Gasteiger partial charge < -0.3 is 15.2 Å². The quantitative estimate of drug-likeness (QED) is 0.432. The SMILES string of the molecule is CC(C)c1ccccc1OCCC(=O)NCCSSCCC(=O)O. The number of hydrogen-bond donors (Lipinski definition) is 2. The second kappa shape index (κ2) is 12.1. The number of para-hydroxylation sites is 1. The summed E-state index contributed by atoms with van der Waals surface area (Å²) in [5, 5.41) is 11.3. The molecular weight excluding hydrogens is 346 g/mol. The molecule has 0 spiro atoms. The van der Waals surface area contributed by atoms with Gasteiger partial charge in [0.1, 0.15) is 5.75 Å². The van der Waals surface area contributed by atoms with Crippen molar-refractivity contribution in [2.24, 2.45) is 0 Å². The van der Waals surface area contributed by atoms with Gasteiger partial charge in [0.2, 0.25) is 5.91 Å². The van der Waals surface area contributed by atoms with Gasteiger partial charge in [0.15, 0.2) is 0 Å². The van der Waals surface area contributed by atoms with Crippen molar-refractivity contribution < 1.29 is 19.4 Å². The highest BCUT2D eigenvalue weighted by atomic mass is 33.1. The summed E-state index contributed by atoms with van der Waals surface area (Å²) < 4.78 is 5.73. The first-order chi connectivity index (χ1) is 11.5. The van der Waals surface area contributed by atoms with Gasteiger partial charge in [0, 0.05) is 18.1 Å². The zero-order chi connectivity index (χ0) is 17.8. The molecule has 0 aliphatic carbocycles. The molecule has 0 atom stereocenters. The lowest BCUT2D eigenvalue weighted by Crippen LogP contribution is -2.27. The molecule has 0 saturated carbocycles. The summed E-state index contributed by atoms with van der Waals surface area (Å²) in [6.07, 6.45) is 0.489. The van der Waals surface area contributed by atoms with E-state index in [1.165, 1.54) is 10.8 Å². The maximum atomic E-state index is 11.7. The number of ether oxygens (including phenoxy) is 1. The number of aliphatic carboxylic acids is 1. The van der Waals surface area contributed by atoms with Crippen molar-refractivity contribution >= 4 is 33.5 Å². The topological polar surface area (TPSA) is 75.6 Å². The number of carbonyl (C=O) groups excluding carboxylic acids is 1. The summed E-state index contributed by atoms with van der Waals surface area (Å²) in [5.41, 5.74) is 1.15. The summed E-state index contributed by atoms with van der Waals surface area (Å²) in [4.78, 5) is 22.1. The summed E-state index contributed by atoms with van der Waals surface area (Å²) in [6.45, 7) is 5.16. The third kappa shape index (κ3) is 9.08. The van der Waals surface area contributed by atoms with Crippen LogP contribution >= 0.6 is 21.6 Å². The van der Waals surface area contributed by atoms with Gasteiger partial charge in [-0.1, -0.05) is 53.6 Å². The Kier molecular flexibility index (Phi) is 10.4. The zero-order valence-corrected chi connectivity index (χ0v) is 15.8. The van der Waals surface area contributed by atoms with Gasteiger partial charge in [-0.05, 0) is 17.5 Å². The average Bonchev–Trinajstić information content (AvgIpc) is 2.54. The third-order valence-corrected chi connectivity index (χ3v) is 5.53. The number of benzene rings is 1. The molecule has 1 aromatic carbocycles. The minimum Gasteiger partial charge on any atom is -0.493 e. The van der Waals surface area contributed by atoms with E-state index in [2.05, 4.69) is 19.2 Å². The average molecular weight is 372 g/mol. The highest BCUT2D eigenvalue weighted by Gasteiger charge is 2.08. The molecule has 24 heavy (non-hydrogen) atoms. The highest BCUT2D eigenvalue weighted by molar-refractivity contribution is 8.76. The second-order valence-corrected chi connectivity index (χ2v) is 8.13. The van der Waals surface area contributed by atoms with Crippen LogP contribution in [0, 0.1) is 0 Å². The first-order valence-corrected chi connectivity index (χ1v) is 10.4. The molecule has 7 heteroatoms. The van der Waals surface area contributed by atoms with Crippen molar-refractivity contribution in [1.29, 1.82) is 0 Å². The van der Waals surface area contributed by atoms with Crippen LogP contribution < -0.4 is 10.1 Å². The standard InChI is InChI=1S/C17H25NO4S2/c1-13(2)14-5-3-4-6-15(14)22-10-7-16(19)18-9-12-24-23-11-8-17(20)21/h3-6,13H,7-12H2,1-2H3,(H,18,19)(H,20,21). The summed E-state index contributed by atoms with van der Waals surface area (Å²) in [5.74, 6) is 1.74. The van der Waals surface area contributed by atoms with Gasteiger partial charge in [-0.15, -0.1) is 0 Å². The molecule has 0 heterocycles. The van der Waals surface area contributed by atoms with E-state index in [9.17, 15) is 9.59 Å². The minimum absolute atomic E-state index is 0.0341. The third-order valence-electron chi connectivity index (χ3n) is 3.12. The van der Waals surface area contributed by atoms with Gasteiger partial charge in [-0.25, -0.2) is 0 Å². The molecule has 0 fully saturated rings. The van der Waals surface area contributed by atoms with Crippen molar-refractivity contribution in [1.82, 2.24) is 5.32 Å². The van der Waals surface area contributed by atoms with Crippen molar-refractivity contribution in [3.63, 3.8) is 0 Å². The van der Waals surface area contributed by atoms with Crippen LogP contribution in [0.4, 0.5) is 0 Å². The summed E-state index contributed by atoms with van der Waals surface area (Å²) >= 11 is 0. The molecule has 0 radical (unpaired) electrons. The van der Waals surface area contributed by atoms with Gasteiger partial charge in [0.25, 0.3) is 0 Å². The molecule has 0 aromatic heterocycles. The van der Waals surface area contributed by atoms with E-state index in [-0.39, 0.29) is 12.3 Å². The van der Waals surface area contributed by atoms with Gasteiger partial charge in [0.05, 0.1) is 19.4 Å². The molecule has 1 rings (SSSR count). The van der Waals surface area contributed by atoms with E-state index in [0.717, 1.165) is 17.1 Å². The lowest BCUT2D eigenvalue weighted by Gasteiger charge is -2.13. The second-order valence-electron chi connectivity index (χ2n) is 5.43. The Morgan fingerprint density at radius 3 is 2.58 bits per heavy atom. The zero-order valence-electron chi connectivity index (χ0n) is 14.1. The number of rotatable bonds is 12. The van der Waals surface area contributed by atoms with Crippen molar-refractivity contribution in [3.05, 3.63) is 29.8 Å². The van der Waals surface area contributed by atoms with Crippen molar-refractivity contribution in [3.8, 4) is 5.75 Å². The Balaban J connectivity index is 2.11. The fraction of sp³-hybridized carbons (Fsp3) is 0.529. The number of amides is 1. The Morgan fingerprint density at radius 2 is 1.88 bits per heavy atom. The van der Waals surface area contributed by atoms with E-state index >= 15 is 0 Å². The minimum atomic E-state index is -0.782. The van der Waals surface area contributed by atoms with Crippen LogP contribution in [0.25, 0.3) is 0 Å². The summed E-state index contributed by atoms with van der Waals surface area (Å²) in [7, 11) is 3.08. The van der Waals surface area contributed by atoms with Crippen LogP contribution in [0.2, 0.25) is 0 Å². The van der Waals surface area contributed by atoms with Gasteiger partial charge in [-0.2, -0.15) is 0 Å². The molecule has 0 aliphatic rings. The predicted octanol–water partition coefficient (Wildman–Crippen LogP) is 3.55. The fourth-order valence-electron chi connectivity index (χ4n) is 1.91. The number of carboxylic acids is 1. The maximum absolute atomic E-state index is 11.7. The molecule has 5 nitrogen and oxygen atoms in total. The molecule has 0 bridgehead atoms. The first-order valence-electron chi connectivity index (χ1n) is 7.95. The number of carboxylic acid groups (broad SMARTS) is 1. The Hall–Kier alpha value is -1.34. The molecule has 0 saturated heterocycles. The maximum Gasteiger partial charge on any atom is 0.304 e. The molecule has 1 aromatic rings. The molecular formula is C17H25NO4S2. The van der Waals surface area contributed by atoms with Crippen LogP contribution in [0.3, 0.4) is 0 Å². The van der Waals surface area contributed by atoms with E-state index in [4.69, 9.17) is 9.84 Å². The Bertz CT molecular complexity index is 523. The fourth-order valence-corrected chi connectivity index (χ4v) is 3.80. The molecule has 2 N–H and O–H groups in total. The molecule has 0 aliphatic heterocycles. The lowest BCUT2D eigenvalue weighted by molar-refractivity contribution is -0.136. The van der Waals surface area contributed by atoms with Crippen LogP contribution in [0.1, 0.15) is 38.2 Å². The van der Waals surface area contributed by atoms with Crippen molar-refractivity contribution in [2.45, 2.75) is 32.6 Å². The largest absolute Gasteiger partial charge is 0.493 e. The Labute approximate surface area is 151 Å². The normalized spacial score (nSPS) is 10.6. The van der Waals surface area contributed by atoms with Crippen molar-refractivity contribution in [2.75, 3.05) is 24.7 Å². The molecule has 134 valence electrons. The molecule has 0 unspecified atom stereocenters. The van der Waals surface area contributed by atoms with Crippen LogP contribution in [0.15, 0.2) is 24.3 Å². The lowest BCUT2D eigenvalue weighted by atomic mass is 10.0. The van der Waals surface area contributed by atoms with Gasteiger partial charge >= 0.3 is 5.97 Å². The van der Waals surface area contributed by atoms with E-state index in [0.29, 0.717) is 31.2 Å². The number of hydrogen-bond acceptors (Lipinski definition) is 5. The predicted molar refractivity (Wildman–Crippen MR) is 101 cm³/mol.